The lowest BCUT2D eigenvalue weighted by Crippen LogP contribution is -2.28. The quantitative estimate of drug-likeness (QED) is 0.735. The van der Waals surface area contributed by atoms with Gasteiger partial charge >= 0.3 is 0 Å². The van der Waals surface area contributed by atoms with Gasteiger partial charge in [0, 0.05) is 19.3 Å². The second kappa shape index (κ2) is 4.29. The van der Waals surface area contributed by atoms with Crippen LogP contribution >= 0.6 is 0 Å². The molecule has 0 aliphatic carbocycles. The average Bonchev–Trinajstić information content (AvgIpc) is 2.78. The number of carbonyl (C=O) groups is 1. The molecule has 0 spiro atoms. The summed E-state index contributed by atoms with van der Waals surface area (Å²) in [6, 6.07) is 3.58. The summed E-state index contributed by atoms with van der Waals surface area (Å²) in [6.45, 7) is 1.20. The van der Waals surface area contributed by atoms with Crippen LogP contribution in [0, 0.1) is 17.2 Å². The van der Waals surface area contributed by atoms with Crippen molar-refractivity contribution in [3.63, 3.8) is 0 Å². The van der Waals surface area contributed by atoms with Gasteiger partial charge in [-0.1, -0.05) is 0 Å². The Morgan fingerprint density at radius 3 is 3.00 bits per heavy atom. The third-order valence-corrected chi connectivity index (χ3v) is 2.98. The zero-order chi connectivity index (χ0) is 12.4. The first-order valence-corrected chi connectivity index (χ1v) is 5.32. The molecule has 1 unspecified atom stereocenters. The number of nitrogens with zero attached hydrogens (tertiary/aromatic N) is 3. The smallest absolute Gasteiger partial charge is 0.222 e. The highest BCUT2D eigenvalue weighted by Crippen LogP contribution is 2.28. The first kappa shape index (κ1) is 11.2. The van der Waals surface area contributed by atoms with Crippen LogP contribution in [-0.4, -0.2) is 24.0 Å². The minimum atomic E-state index is -0.303. The Hall–Kier alpha value is -2.29. The standard InChI is InChI=1S/C11H13N5O/c12-5-7-1-3-15-11(9(7)13)16-4-2-8(6-16)10(14)17/h1,3,8H,2,4,6,13H2,(H2,14,17). The van der Waals surface area contributed by atoms with E-state index in [9.17, 15) is 4.79 Å². The number of primary amides is 1. The molecule has 0 bridgehead atoms. The molecular formula is C11H13N5O. The van der Waals surface area contributed by atoms with E-state index in [-0.39, 0.29) is 11.8 Å². The van der Waals surface area contributed by atoms with Crippen molar-refractivity contribution in [2.75, 3.05) is 23.7 Å². The van der Waals surface area contributed by atoms with E-state index in [1.807, 2.05) is 11.0 Å². The predicted octanol–water partition coefficient (Wildman–Crippen LogP) is -0.153. The van der Waals surface area contributed by atoms with Gasteiger partial charge in [0.1, 0.15) is 6.07 Å². The Labute approximate surface area is 98.8 Å². The highest BCUT2D eigenvalue weighted by Gasteiger charge is 2.28. The van der Waals surface area contributed by atoms with E-state index in [4.69, 9.17) is 16.7 Å². The van der Waals surface area contributed by atoms with Gasteiger partial charge in [-0.25, -0.2) is 4.98 Å². The first-order chi connectivity index (χ1) is 8.13. The van der Waals surface area contributed by atoms with Crippen LogP contribution in [0.5, 0.6) is 0 Å². The number of hydrogen-bond acceptors (Lipinski definition) is 5. The van der Waals surface area contributed by atoms with Gasteiger partial charge in [0.05, 0.1) is 17.2 Å². The van der Waals surface area contributed by atoms with Gasteiger partial charge < -0.3 is 16.4 Å². The molecular weight excluding hydrogens is 218 g/mol. The summed E-state index contributed by atoms with van der Waals surface area (Å²) in [5, 5.41) is 8.88. The fourth-order valence-electron chi connectivity index (χ4n) is 2.00. The normalized spacial score (nSPS) is 19.0. The minimum Gasteiger partial charge on any atom is -0.395 e. The Morgan fingerprint density at radius 2 is 2.41 bits per heavy atom. The second-order valence-electron chi connectivity index (χ2n) is 4.04. The number of pyridine rings is 1. The summed E-state index contributed by atoms with van der Waals surface area (Å²) in [5.41, 5.74) is 11.9. The maximum absolute atomic E-state index is 11.1. The molecule has 1 saturated heterocycles. The van der Waals surface area contributed by atoms with Crippen LogP contribution in [0.2, 0.25) is 0 Å². The van der Waals surface area contributed by atoms with Crippen molar-refractivity contribution in [2.45, 2.75) is 6.42 Å². The molecule has 0 aromatic carbocycles. The maximum Gasteiger partial charge on any atom is 0.222 e. The number of carbonyl (C=O) groups excluding carboxylic acids is 1. The molecule has 17 heavy (non-hydrogen) atoms. The SMILES string of the molecule is N#Cc1ccnc(N2CCC(C(N)=O)C2)c1N. The molecule has 1 fully saturated rings. The molecule has 1 aromatic heterocycles. The third-order valence-electron chi connectivity index (χ3n) is 2.98. The number of rotatable bonds is 2. The molecule has 1 aliphatic heterocycles. The molecule has 0 radical (unpaired) electrons. The van der Waals surface area contributed by atoms with E-state index in [1.54, 1.807) is 12.3 Å². The van der Waals surface area contributed by atoms with Gasteiger partial charge in [-0.15, -0.1) is 0 Å². The summed E-state index contributed by atoms with van der Waals surface area (Å²) in [7, 11) is 0. The van der Waals surface area contributed by atoms with Crippen LogP contribution in [0.15, 0.2) is 12.3 Å². The molecule has 1 aliphatic rings. The summed E-state index contributed by atoms with van der Waals surface area (Å²) >= 11 is 0. The summed E-state index contributed by atoms with van der Waals surface area (Å²) in [6.07, 6.45) is 2.25. The third kappa shape index (κ3) is 1.99. The van der Waals surface area contributed by atoms with E-state index < -0.39 is 0 Å². The zero-order valence-corrected chi connectivity index (χ0v) is 9.26. The van der Waals surface area contributed by atoms with E-state index in [1.165, 1.54) is 0 Å². The van der Waals surface area contributed by atoms with Crippen LogP contribution in [0.1, 0.15) is 12.0 Å². The maximum atomic E-state index is 11.1. The fourth-order valence-corrected chi connectivity index (χ4v) is 2.00. The van der Waals surface area contributed by atoms with Gasteiger partial charge in [-0.3, -0.25) is 4.79 Å². The van der Waals surface area contributed by atoms with Crippen molar-refractivity contribution in [3.8, 4) is 6.07 Å². The first-order valence-electron chi connectivity index (χ1n) is 5.32. The molecule has 1 atom stereocenters. The Balaban J connectivity index is 2.25. The average molecular weight is 231 g/mol. The monoisotopic (exact) mass is 231 g/mol. The molecule has 0 saturated carbocycles. The van der Waals surface area contributed by atoms with Crippen molar-refractivity contribution >= 4 is 17.4 Å². The van der Waals surface area contributed by atoms with Crippen molar-refractivity contribution in [2.24, 2.45) is 11.7 Å². The van der Waals surface area contributed by atoms with Crippen molar-refractivity contribution in [1.82, 2.24) is 4.98 Å². The van der Waals surface area contributed by atoms with Crippen molar-refractivity contribution in [3.05, 3.63) is 17.8 Å². The lowest BCUT2D eigenvalue weighted by Gasteiger charge is -2.19. The lowest BCUT2D eigenvalue weighted by atomic mass is 10.1. The lowest BCUT2D eigenvalue weighted by molar-refractivity contribution is -0.121. The Morgan fingerprint density at radius 1 is 1.65 bits per heavy atom. The van der Waals surface area contributed by atoms with Crippen LogP contribution in [-0.2, 0) is 4.79 Å². The van der Waals surface area contributed by atoms with Gasteiger partial charge in [0.2, 0.25) is 5.91 Å². The number of nitrogens with two attached hydrogens (primary N) is 2. The van der Waals surface area contributed by atoms with Crippen molar-refractivity contribution in [1.29, 1.82) is 5.26 Å². The molecule has 6 heteroatoms. The number of hydrogen-bond donors (Lipinski definition) is 2. The van der Waals surface area contributed by atoms with E-state index >= 15 is 0 Å². The van der Waals surface area contributed by atoms with Gasteiger partial charge in [0.25, 0.3) is 0 Å². The number of nitriles is 1. The van der Waals surface area contributed by atoms with Crippen LogP contribution in [0.4, 0.5) is 11.5 Å². The predicted molar refractivity (Wildman–Crippen MR) is 62.9 cm³/mol. The Kier molecular flexibility index (Phi) is 2.83. The second-order valence-corrected chi connectivity index (χ2v) is 4.04. The largest absolute Gasteiger partial charge is 0.395 e. The molecule has 2 rings (SSSR count). The van der Waals surface area contributed by atoms with E-state index in [0.29, 0.717) is 36.6 Å². The number of anilines is 2. The minimum absolute atomic E-state index is 0.165. The van der Waals surface area contributed by atoms with Crippen LogP contribution in [0.25, 0.3) is 0 Å². The van der Waals surface area contributed by atoms with Gasteiger partial charge in [-0.05, 0) is 12.5 Å². The molecule has 2 heterocycles. The van der Waals surface area contributed by atoms with Gasteiger partial charge in [0.15, 0.2) is 5.82 Å². The van der Waals surface area contributed by atoms with Crippen molar-refractivity contribution < 1.29 is 4.79 Å². The summed E-state index contributed by atoms with van der Waals surface area (Å²) in [4.78, 5) is 17.1. The number of amides is 1. The number of nitrogen functional groups attached to an aromatic ring is 1. The molecule has 6 nitrogen and oxygen atoms in total. The summed E-state index contributed by atoms with van der Waals surface area (Å²) < 4.78 is 0. The molecule has 1 aromatic rings. The summed E-state index contributed by atoms with van der Waals surface area (Å²) in [5.74, 6) is 0.0947. The highest BCUT2D eigenvalue weighted by molar-refractivity contribution is 5.79. The molecule has 88 valence electrons. The topological polar surface area (TPSA) is 109 Å². The Bertz CT molecular complexity index is 493. The number of aromatic nitrogens is 1. The van der Waals surface area contributed by atoms with Crippen LogP contribution in [0.3, 0.4) is 0 Å². The van der Waals surface area contributed by atoms with Crippen LogP contribution < -0.4 is 16.4 Å². The zero-order valence-electron chi connectivity index (χ0n) is 9.26. The van der Waals surface area contributed by atoms with E-state index in [2.05, 4.69) is 4.98 Å². The van der Waals surface area contributed by atoms with E-state index in [0.717, 1.165) is 0 Å². The highest BCUT2D eigenvalue weighted by atomic mass is 16.1. The molecule has 1 amide bonds. The fraction of sp³-hybridized carbons (Fsp3) is 0.364. The molecule has 4 N–H and O–H groups in total. The van der Waals surface area contributed by atoms with Gasteiger partial charge in [-0.2, -0.15) is 5.26 Å².